The highest BCUT2D eigenvalue weighted by molar-refractivity contribution is 7.92. The monoisotopic (exact) mass is 625 g/mol. The fraction of sp³-hybridized carbons (Fsp3) is 0.310. The largest absolute Gasteiger partial charge is 0.484 e. The Morgan fingerprint density at radius 2 is 1.77 bits per heavy atom. The number of benzene rings is 3. The summed E-state index contributed by atoms with van der Waals surface area (Å²) in [7, 11) is -4.68. The fourth-order valence-corrected chi connectivity index (χ4v) is 6.12. The lowest BCUT2D eigenvalue weighted by Gasteiger charge is -2.36. The molecule has 0 bridgehead atoms. The van der Waals surface area contributed by atoms with E-state index in [1.54, 1.807) is 13.8 Å². The Labute approximate surface area is 244 Å². The zero-order chi connectivity index (χ0) is 31.7. The van der Waals surface area contributed by atoms with E-state index in [4.69, 9.17) is 4.74 Å². The second-order valence-corrected chi connectivity index (χ2v) is 12.1. The molecule has 2 N–H and O–H groups in total. The van der Waals surface area contributed by atoms with Crippen LogP contribution >= 0.6 is 0 Å². The van der Waals surface area contributed by atoms with Crippen LogP contribution in [0.5, 0.6) is 5.75 Å². The third-order valence-electron chi connectivity index (χ3n) is 6.69. The molecule has 0 unspecified atom stereocenters. The zero-order valence-corrected chi connectivity index (χ0v) is 24.0. The molecular formula is C29H28F5N3O5S. The number of hydrogen-bond donors (Lipinski definition) is 2. The summed E-state index contributed by atoms with van der Waals surface area (Å²) in [6.45, 7) is 4.01. The summed E-state index contributed by atoms with van der Waals surface area (Å²) in [5, 5.41) is 5.16. The van der Waals surface area contributed by atoms with E-state index in [1.165, 1.54) is 25.1 Å². The van der Waals surface area contributed by atoms with Gasteiger partial charge >= 0.3 is 6.18 Å². The number of halogens is 5. The summed E-state index contributed by atoms with van der Waals surface area (Å²) >= 11 is 0. The third-order valence-corrected chi connectivity index (χ3v) is 8.47. The molecule has 3 aromatic carbocycles. The molecule has 8 nitrogen and oxygen atoms in total. The van der Waals surface area contributed by atoms with Crippen molar-refractivity contribution in [1.29, 1.82) is 0 Å². The normalized spacial score (nSPS) is 15.8. The molecule has 0 spiro atoms. The molecule has 43 heavy (non-hydrogen) atoms. The number of nitrogens with zero attached hydrogens (tertiary/aromatic N) is 1. The Morgan fingerprint density at radius 1 is 1.05 bits per heavy atom. The maximum atomic E-state index is 14.6. The Morgan fingerprint density at radius 3 is 2.42 bits per heavy atom. The van der Waals surface area contributed by atoms with Gasteiger partial charge in [-0.05, 0) is 60.0 Å². The number of amides is 2. The number of nitrogens with one attached hydrogen (secondary N) is 2. The average Bonchev–Trinajstić information content (AvgIpc) is 2.94. The van der Waals surface area contributed by atoms with Crippen LogP contribution in [0.15, 0.2) is 65.6 Å². The number of ether oxygens (including phenoxy) is 1. The van der Waals surface area contributed by atoms with Crippen molar-refractivity contribution >= 4 is 27.5 Å². The van der Waals surface area contributed by atoms with Gasteiger partial charge < -0.3 is 15.4 Å². The van der Waals surface area contributed by atoms with Crippen molar-refractivity contribution in [1.82, 2.24) is 10.6 Å². The van der Waals surface area contributed by atoms with Crippen LogP contribution in [-0.4, -0.2) is 45.5 Å². The van der Waals surface area contributed by atoms with Gasteiger partial charge in [-0.25, -0.2) is 17.2 Å². The number of carbonyl (C=O) groups excluding carboxylic acids is 2. The molecule has 0 aliphatic carbocycles. The van der Waals surface area contributed by atoms with Crippen molar-refractivity contribution < 1.29 is 44.7 Å². The van der Waals surface area contributed by atoms with Crippen LogP contribution in [-0.2, 0) is 25.8 Å². The Bertz CT molecular complexity index is 1650. The average molecular weight is 626 g/mol. The smallest absolute Gasteiger partial charge is 0.416 e. The van der Waals surface area contributed by atoms with Gasteiger partial charge in [-0.2, -0.15) is 13.2 Å². The van der Waals surface area contributed by atoms with Crippen LogP contribution in [0.1, 0.15) is 26.3 Å². The van der Waals surface area contributed by atoms with Gasteiger partial charge in [0, 0.05) is 12.5 Å². The fourth-order valence-electron chi connectivity index (χ4n) is 4.57. The van der Waals surface area contributed by atoms with E-state index in [9.17, 15) is 40.0 Å². The van der Waals surface area contributed by atoms with Crippen LogP contribution in [0.2, 0.25) is 0 Å². The maximum Gasteiger partial charge on any atom is 0.416 e. The third kappa shape index (κ3) is 7.07. The maximum absolute atomic E-state index is 14.6. The van der Waals surface area contributed by atoms with Gasteiger partial charge in [0.05, 0.1) is 29.2 Å². The molecule has 1 aliphatic rings. The van der Waals surface area contributed by atoms with E-state index in [1.807, 2.05) is 0 Å². The van der Waals surface area contributed by atoms with Crippen LogP contribution in [0.4, 0.5) is 27.6 Å². The molecule has 0 radical (unpaired) electrons. The molecule has 0 saturated heterocycles. The lowest BCUT2D eigenvalue weighted by Crippen LogP contribution is -2.53. The summed E-state index contributed by atoms with van der Waals surface area (Å²) in [6.07, 6.45) is -5.83. The highest BCUT2D eigenvalue weighted by atomic mass is 32.2. The van der Waals surface area contributed by atoms with Crippen LogP contribution in [0, 0.1) is 17.6 Å². The molecule has 0 fully saturated rings. The molecule has 4 rings (SSSR count). The SMILES string of the molecule is CC(=O)N[C@@H](C(=O)NC[C@H]1CN(S(=O)(=O)c2cccc(C(F)(F)F)c2)c2cc(-c3cc(F)ccc3F)ccc2O1)C(C)C. The second-order valence-electron chi connectivity index (χ2n) is 10.3. The first-order chi connectivity index (χ1) is 20.1. The molecule has 0 saturated carbocycles. The van der Waals surface area contributed by atoms with Gasteiger partial charge in [0.2, 0.25) is 11.8 Å². The Balaban J connectivity index is 1.74. The summed E-state index contributed by atoms with van der Waals surface area (Å²) in [6, 6.07) is 8.99. The van der Waals surface area contributed by atoms with Gasteiger partial charge in [-0.1, -0.05) is 26.0 Å². The topological polar surface area (TPSA) is 105 Å². The second kappa shape index (κ2) is 12.2. The first-order valence-electron chi connectivity index (χ1n) is 13.1. The summed E-state index contributed by atoms with van der Waals surface area (Å²) in [5.74, 6) is -2.82. The van der Waals surface area contributed by atoms with Crippen molar-refractivity contribution in [3.05, 3.63) is 77.9 Å². The van der Waals surface area contributed by atoms with Gasteiger partial charge in [-0.3, -0.25) is 13.9 Å². The Kier molecular flexibility index (Phi) is 9.00. The first kappa shape index (κ1) is 31.7. The van der Waals surface area contributed by atoms with E-state index >= 15 is 0 Å². The summed E-state index contributed by atoms with van der Waals surface area (Å²) in [4.78, 5) is 23.7. The number of carbonyl (C=O) groups is 2. The van der Waals surface area contributed by atoms with Crippen molar-refractivity contribution in [2.75, 3.05) is 17.4 Å². The van der Waals surface area contributed by atoms with E-state index in [2.05, 4.69) is 10.6 Å². The molecule has 3 aromatic rings. The van der Waals surface area contributed by atoms with Crippen LogP contribution in [0.25, 0.3) is 11.1 Å². The molecule has 1 heterocycles. The lowest BCUT2D eigenvalue weighted by atomic mass is 10.0. The number of alkyl halides is 3. The summed E-state index contributed by atoms with van der Waals surface area (Å²) < 4.78 is 103. The van der Waals surface area contributed by atoms with Gasteiger partial charge in [0.15, 0.2) is 0 Å². The van der Waals surface area contributed by atoms with Gasteiger partial charge in [0.1, 0.15) is 29.5 Å². The zero-order valence-electron chi connectivity index (χ0n) is 23.2. The molecule has 230 valence electrons. The predicted molar refractivity (Wildman–Crippen MR) is 148 cm³/mol. The standard InChI is InChI=1S/C29H28F5N3O5S/c1-16(2)27(36-17(3)38)28(39)35-14-21-15-37(43(40,41)22-6-4-5-19(12-22)29(32,33)34)25-11-18(7-10-26(25)42-21)23-13-20(30)8-9-24(23)31/h4-13,16,21,27H,14-15H2,1-3H3,(H,35,39)(H,36,38)/t21-,27+/m0/s1. The van der Waals surface area contributed by atoms with Crippen LogP contribution < -0.4 is 19.7 Å². The summed E-state index contributed by atoms with van der Waals surface area (Å²) in [5.41, 5.74) is -1.39. The highest BCUT2D eigenvalue weighted by Gasteiger charge is 2.38. The van der Waals surface area contributed by atoms with Crippen LogP contribution in [0.3, 0.4) is 0 Å². The van der Waals surface area contributed by atoms with Crippen molar-refractivity contribution in [2.45, 2.75) is 44.0 Å². The minimum Gasteiger partial charge on any atom is -0.484 e. The highest BCUT2D eigenvalue weighted by Crippen LogP contribution is 2.41. The number of rotatable bonds is 8. The number of fused-ring (bicyclic) bond motifs is 1. The molecular weight excluding hydrogens is 597 g/mol. The van der Waals surface area contributed by atoms with E-state index in [0.29, 0.717) is 6.07 Å². The molecule has 2 atom stereocenters. The molecule has 2 amide bonds. The minimum absolute atomic E-state index is 0.0242. The minimum atomic E-state index is -4.82. The quantitative estimate of drug-likeness (QED) is 0.347. The van der Waals surface area contributed by atoms with Crippen molar-refractivity contribution in [3.8, 4) is 16.9 Å². The van der Waals surface area contributed by atoms with Gasteiger partial charge in [0.25, 0.3) is 10.0 Å². The molecule has 1 aliphatic heterocycles. The number of anilines is 1. The Hall–Kier alpha value is -4.20. The van der Waals surface area contributed by atoms with Gasteiger partial charge in [-0.15, -0.1) is 0 Å². The van der Waals surface area contributed by atoms with Crippen molar-refractivity contribution in [2.24, 2.45) is 5.92 Å². The van der Waals surface area contributed by atoms with E-state index in [-0.39, 0.29) is 35.0 Å². The first-order valence-corrected chi connectivity index (χ1v) is 14.5. The van der Waals surface area contributed by atoms with E-state index in [0.717, 1.165) is 40.7 Å². The van der Waals surface area contributed by atoms with Crippen molar-refractivity contribution in [3.63, 3.8) is 0 Å². The van der Waals surface area contributed by atoms with E-state index < -0.39 is 68.8 Å². The number of hydrogen-bond acceptors (Lipinski definition) is 5. The lowest BCUT2D eigenvalue weighted by molar-refractivity contribution is -0.137. The molecule has 14 heteroatoms. The predicted octanol–water partition coefficient (Wildman–Crippen LogP) is 4.88. The number of sulfonamides is 1. The molecule has 0 aromatic heterocycles.